The molecule has 0 aliphatic heterocycles. The van der Waals surface area contributed by atoms with Crippen LogP contribution in [0.25, 0.3) is 22.0 Å². The van der Waals surface area contributed by atoms with Crippen molar-refractivity contribution in [1.82, 2.24) is 10.3 Å². The lowest BCUT2D eigenvalue weighted by Gasteiger charge is -2.05. The number of nitrogens with one attached hydrogen (secondary N) is 1. The lowest BCUT2D eigenvalue weighted by atomic mass is 10.2. The summed E-state index contributed by atoms with van der Waals surface area (Å²) in [5.41, 5.74) is 2.19. The number of amides is 1. The number of hydrogen-bond donors (Lipinski definition) is 1. The molecule has 1 N–H and O–H groups in total. The molecule has 0 bridgehead atoms. The Labute approximate surface area is 141 Å². The molecule has 0 aliphatic rings. The van der Waals surface area contributed by atoms with Crippen LogP contribution in [0.5, 0.6) is 0 Å². The summed E-state index contributed by atoms with van der Waals surface area (Å²) >= 11 is 1.47. The maximum atomic E-state index is 11.5. The molecular weight excluding hydrogens is 326 g/mol. The second kappa shape index (κ2) is 6.59. The van der Waals surface area contributed by atoms with Gasteiger partial charge in [0.15, 0.2) is 0 Å². The van der Waals surface area contributed by atoms with E-state index >= 15 is 0 Å². The molecule has 1 amide bonds. The van der Waals surface area contributed by atoms with Gasteiger partial charge in [-0.2, -0.15) is 0 Å². The molecule has 7 heteroatoms. The first-order chi connectivity index (χ1) is 11.5. The van der Waals surface area contributed by atoms with Crippen LogP contribution in [0.15, 0.2) is 48.5 Å². The second-order valence-electron chi connectivity index (χ2n) is 5.07. The number of rotatable bonds is 4. The Bertz CT molecular complexity index is 912. The van der Waals surface area contributed by atoms with Crippen LogP contribution < -0.4 is 5.32 Å². The van der Waals surface area contributed by atoms with Crippen molar-refractivity contribution in [3.05, 3.63) is 69.2 Å². The highest BCUT2D eigenvalue weighted by Crippen LogP contribution is 2.27. The number of para-hydroxylation sites is 1. The van der Waals surface area contributed by atoms with Crippen molar-refractivity contribution < 1.29 is 9.72 Å². The van der Waals surface area contributed by atoms with E-state index in [9.17, 15) is 14.9 Å². The van der Waals surface area contributed by atoms with Crippen molar-refractivity contribution in [2.45, 2.75) is 6.92 Å². The molecule has 3 aromatic rings. The zero-order valence-corrected chi connectivity index (χ0v) is 13.5. The Morgan fingerprint density at radius 1 is 1.21 bits per heavy atom. The number of thiazole rings is 1. The highest BCUT2D eigenvalue weighted by molar-refractivity contribution is 7.19. The van der Waals surface area contributed by atoms with Gasteiger partial charge < -0.3 is 5.32 Å². The molecule has 1 heterocycles. The predicted molar refractivity (Wildman–Crippen MR) is 94.4 cm³/mol. The van der Waals surface area contributed by atoms with Gasteiger partial charge in [0.05, 0.1) is 20.8 Å². The van der Waals surface area contributed by atoms with Crippen molar-refractivity contribution >= 4 is 44.9 Å². The van der Waals surface area contributed by atoms with Gasteiger partial charge in [0.25, 0.3) is 5.69 Å². The summed E-state index contributed by atoms with van der Waals surface area (Å²) in [6.07, 6.45) is 1.75. The van der Waals surface area contributed by atoms with Crippen molar-refractivity contribution in [2.24, 2.45) is 0 Å². The molecule has 6 nitrogen and oxygen atoms in total. The first-order valence-corrected chi connectivity index (χ1v) is 7.94. The van der Waals surface area contributed by atoms with Gasteiger partial charge in [0.2, 0.25) is 5.91 Å². The SMILES string of the molecule is CC(=O)N/C(=C\c1ccc([N+](=O)[O-])cc1)c1nc2ccccc2s1. The number of benzene rings is 2. The quantitative estimate of drug-likeness (QED) is 0.578. The molecule has 120 valence electrons. The van der Waals surface area contributed by atoms with Gasteiger partial charge in [0, 0.05) is 19.1 Å². The topological polar surface area (TPSA) is 85.1 Å². The first-order valence-electron chi connectivity index (χ1n) is 7.12. The normalized spacial score (nSPS) is 11.5. The Hall–Kier alpha value is -3.06. The molecule has 0 aliphatic carbocycles. The van der Waals surface area contributed by atoms with Crippen LogP contribution in [-0.2, 0) is 4.79 Å². The molecule has 0 fully saturated rings. The first kappa shape index (κ1) is 15.8. The Balaban J connectivity index is 2.01. The van der Waals surface area contributed by atoms with Crippen molar-refractivity contribution in [3.8, 4) is 0 Å². The largest absolute Gasteiger partial charge is 0.324 e. The summed E-state index contributed by atoms with van der Waals surface area (Å²) in [5, 5.41) is 14.2. The highest BCUT2D eigenvalue weighted by Gasteiger charge is 2.11. The van der Waals surface area contributed by atoms with E-state index in [1.807, 2.05) is 24.3 Å². The minimum atomic E-state index is -0.449. The monoisotopic (exact) mass is 339 g/mol. The van der Waals surface area contributed by atoms with Crippen LogP contribution in [0.1, 0.15) is 17.5 Å². The third-order valence-electron chi connectivity index (χ3n) is 3.25. The van der Waals surface area contributed by atoms with Crippen LogP contribution in [-0.4, -0.2) is 15.8 Å². The average molecular weight is 339 g/mol. The third-order valence-corrected chi connectivity index (χ3v) is 4.32. The minimum absolute atomic E-state index is 0.0215. The molecule has 0 unspecified atom stereocenters. The molecule has 0 saturated carbocycles. The van der Waals surface area contributed by atoms with E-state index < -0.39 is 4.92 Å². The number of nitrogens with zero attached hydrogens (tertiary/aromatic N) is 2. The molecule has 0 radical (unpaired) electrons. The smallest absolute Gasteiger partial charge is 0.269 e. The van der Waals surface area contributed by atoms with Crippen LogP contribution in [0, 0.1) is 10.1 Å². The van der Waals surface area contributed by atoms with Crippen LogP contribution in [0.2, 0.25) is 0 Å². The summed E-state index contributed by atoms with van der Waals surface area (Å²) in [6.45, 7) is 1.43. The second-order valence-corrected chi connectivity index (χ2v) is 6.11. The van der Waals surface area contributed by atoms with Gasteiger partial charge in [-0.25, -0.2) is 4.98 Å². The van der Waals surface area contributed by atoms with E-state index in [0.29, 0.717) is 10.7 Å². The Morgan fingerprint density at radius 2 is 1.92 bits per heavy atom. The maximum absolute atomic E-state index is 11.5. The van der Waals surface area contributed by atoms with E-state index in [0.717, 1.165) is 15.8 Å². The summed E-state index contributed by atoms with van der Waals surface area (Å²) in [7, 11) is 0. The molecule has 3 rings (SSSR count). The number of carbonyl (C=O) groups is 1. The highest BCUT2D eigenvalue weighted by atomic mass is 32.1. The molecule has 0 spiro atoms. The Morgan fingerprint density at radius 3 is 2.54 bits per heavy atom. The van der Waals surface area contributed by atoms with Gasteiger partial charge in [-0.05, 0) is 35.9 Å². The molecule has 2 aromatic carbocycles. The van der Waals surface area contributed by atoms with Gasteiger partial charge >= 0.3 is 0 Å². The van der Waals surface area contributed by atoms with Crippen LogP contribution >= 0.6 is 11.3 Å². The summed E-state index contributed by atoms with van der Waals surface area (Å²) < 4.78 is 1.02. The van der Waals surface area contributed by atoms with Crippen molar-refractivity contribution in [1.29, 1.82) is 0 Å². The van der Waals surface area contributed by atoms with E-state index in [4.69, 9.17) is 0 Å². The van der Waals surface area contributed by atoms with Crippen molar-refractivity contribution in [2.75, 3.05) is 0 Å². The fraction of sp³-hybridized carbons (Fsp3) is 0.0588. The lowest BCUT2D eigenvalue weighted by molar-refractivity contribution is -0.384. The molecule has 24 heavy (non-hydrogen) atoms. The number of non-ortho nitro benzene ring substituents is 1. The van der Waals surface area contributed by atoms with Gasteiger partial charge in [-0.3, -0.25) is 14.9 Å². The number of nitro benzene ring substituents is 1. The minimum Gasteiger partial charge on any atom is -0.324 e. The van der Waals surface area contributed by atoms with E-state index in [2.05, 4.69) is 10.3 Å². The summed E-state index contributed by atoms with van der Waals surface area (Å²) in [4.78, 5) is 26.3. The number of hydrogen-bond acceptors (Lipinski definition) is 5. The fourth-order valence-corrected chi connectivity index (χ4v) is 3.12. The average Bonchev–Trinajstić information content (AvgIpc) is 2.98. The zero-order chi connectivity index (χ0) is 17.1. The van der Waals surface area contributed by atoms with Gasteiger partial charge in [-0.15, -0.1) is 11.3 Å². The Kier molecular flexibility index (Phi) is 4.35. The lowest BCUT2D eigenvalue weighted by Crippen LogP contribution is -2.17. The number of carbonyl (C=O) groups excluding carboxylic acids is 1. The molecular formula is C17H13N3O3S. The van der Waals surface area contributed by atoms with Crippen LogP contribution in [0.4, 0.5) is 5.69 Å². The number of nitro groups is 1. The van der Waals surface area contributed by atoms with Gasteiger partial charge in [-0.1, -0.05) is 12.1 Å². The predicted octanol–water partition coefficient (Wildman–Crippen LogP) is 3.84. The molecule has 1 aromatic heterocycles. The van der Waals surface area contributed by atoms with Crippen molar-refractivity contribution in [3.63, 3.8) is 0 Å². The van der Waals surface area contributed by atoms with E-state index in [1.165, 1.54) is 30.4 Å². The standard InChI is InChI=1S/C17H13N3O3S/c1-11(21)18-15(10-12-6-8-13(9-7-12)20(22)23)17-19-14-4-2-3-5-16(14)24-17/h2-10H,1H3,(H,18,21)/b15-10-. The maximum Gasteiger partial charge on any atom is 0.269 e. The summed E-state index contributed by atoms with van der Waals surface area (Å²) in [5.74, 6) is -0.206. The zero-order valence-electron chi connectivity index (χ0n) is 12.7. The molecule has 0 atom stereocenters. The molecule has 0 saturated heterocycles. The summed E-state index contributed by atoms with van der Waals surface area (Å²) in [6, 6.07) is 13.8. The fourth-order valence-electron chi connectivity index (χ4n) is 2.19. The third kappa shape index (κ3) is 3.47. The van der Waals surface area contributed by atoms with Gasteiger partial charge in [0.1, 0.15) is 5.01 Å². The number of fused-ring (bicyclic) bond motifs is 1. The van der Waals surface area contributed by atoms with Crippen LogP contribution in [0.3, 0.4) is 0 Å². The van der Waals surface area contributed by atoms with E-state index in [1.54, 1.807) is 18.2 Å². The number of aromatic nitrogens is 1. The van der Waals surface area contributed by atoms with E-state index in [-0.39, 0.29) is 11.6 Å².